The molecule has 22 heavy (non-hydrogen) atoms. The van der Waals surface area contributed by atoms with Crippen LogP contribution in [0.25, 0.3) is 10.6 Å². The number of piperidine rings is 1. The number of nitrogens with two attached hydrogens (primary N) is 1. The number of nitrogens with zero attached hydrogens (tertiary/aromatic N) is 2. The van der Waals surface area contributed by atoms with Crippen molar-refractivity contribution in [3.8, 4) is 10.6 Å². The maximum atomic E-state index is 12.5. The van der Waals surface area contributed by atoms with E-state index in [0.29, 0.717) is 24.5 Å². The molecule has 1 saturated heterocycles. The summed E-state index contributed by atoms with van der Waals surface area (Å²) in [6.07, 6.45) is 0.814. The minimum absolute atomic E-state index is 0. The lowest BCUT2D eigenvalue weighted by molar-refractivity contribution is 0.0523. The lowest BCUT2D eigenvalue weighted by atomic mass is 9.79. The van der Waals surface area contributed by atoms with Gasteiger partial charge in [0.1, 0.15) is 0 Å². The summed E-state index contributed by atoms with van der Waals surface area (Å²) < 4.78 is 5.28. The second-order valence-electron chi connectivity index (χ2n) is 6.16. The number of thiophene rings is 1. The third kappa shape index (κ3) is 3.19. The molecule has 2 aromatic heterocycles. The standard InChI is InChI=1S/C15H19N3O2S.ClH/c1-15(2)9-18(6-5-13(15)16)14(19)10-8-11(20-17-10)12-4-3-7-21-12;/h3-4,7-8,13H,5-6,9,16H2,1-2H3;1H. The zero-order valence-corrected chi connectivity index (χ0v) is 14.2. The molecule has 3 rings (SSSR count). The van der Waals surface area contributed by atoms with E-state index in [0.717, 1.165) is 11.3 Å². The smallest absolute Gasteiger partial charge is 0.276 e. The molecule has 7 heteroatoms. The van der Waals surface area contributed by atoms with Gasteiger partial charge < -0.3 is 15.2 Å². The molecule has 3 heterocycles. The molecule has 0 bridgehead atoms. The summed E-state index contributed by atoms with van der Waals surface area (Å²) in [5.74, 6) is 0.558. The van der Waals surface area contributed by atoms with Crippen LogP contribution in [0.4, 0.5) is 0 Å². The summed E-state index contributed by atoms with van der Waals surface area (Å²) in [6.45, 7) is 5.51. The van der Waals surface area contributed by atoms with Crippen molar-refractivity contribution in [1.82, 2.24) is 10.1 Å². The fourth-order valence-corrected chi connectivity index (χ4v) is 3.29. The van der Waals surface area contributed by atoms with Crippen LogP contribution in [-0.4, -0.2) is 35.1 Å². The van der Waals surface area contributed by atoms with E-state index in [9.17, 15) is 4.79 Å². The number of aromatic nitrogens is 1. The van der Waals surface area contributed by atoms with E-state index in [1.807, 2.05) is 22.4 Å². The molecule has 1 atom stereocenters. The minimum atomic E-state index is -0.0819. The predicted molar refractivity (Wildman–Crippen MR) is 89.3 cm³/mol. The number of likely N-dealkylation sites (tertiary alicyclic amines) is 1. The first-order valence-corrected chi connectivity index (χ1v) is 7.91. The fourth-order valence-electron chi connectivity index (χ4n) is 2.62. The summed E-state index contributed by atoms with van der Waals surface area (Å²) in [6, 6.07) is 5.73. The van der Waals surface area contributed by atoms with Crippen LogP contribution in [-0.2, 0) is 0 Å². The van der Waals surface area contributed by atoms with Gasteiger partial charge in [0.15, 0.2) is 11.5 Å². The van der Waals surface area contributed by atoms with Gasteiger partial charge >= 0.3 is 0 Å². The van der Waals surface area contributed by atoms with E-state index in [4.69, 9.17) is 10.3 Å². The molecule has 5 nitrogen and oxygen atoms in total. The van der Waals surface area contributed by atoms with Crippen molar-refractivity contribution in [3.63, 3.8) is 0 Å². The highest BCUT2D eigenvalue weighted by Crippen LogP contribution is 2.30. The number of halogens is 1. The average molecular weight is 342 g/mol. The molecule has 1 aliphatic heterocycles. The van der Waals surface area contributed by atoms with Gasteiger partial charge in [-0.1, -0.05) is 25.1 Å². The first-order valence-electron chi connectivity index (χ1n) is 7.03. The van der Waals surface area contributed by atoms with E-state index in [-0.39, 0.29) is 29.8 Å². The maximum absolute atomic E-state index is 12.5. The summed E-state index contributed by atoms with van der Waals surface area (Å²) in [7, 11) is 0. The van der Waals surface area contributed by atoms with Crippen LogP contribution >= 0.6 is 23.7 Å². The Morgan fingerprint density at radius 3 is 2.95 bits per heavy atom. The number of rotatable bonds is 2. The van der Waals surface area contributed by atoms with Crippen LogP contribution in [0.15, 0.2) is 28.1 Å². The van der Waals surface area contributed by atoms with E-state index in [1.54, 1.807) is 17.4 Å². The topological polar surface area (TPSA) is 72.4 Å². The third-order valence-electron chi connectivity index (χ3n) is 4.09. The highest BCUT2D eigenvalue weighted by molar-refractivity contribution is 7.13. The Morgan fingerprint density at radius 2 is 2.32 bits per heavy atom. The number of hydrogen-bond donors (Lipinski definition) is 1. The SMILES string of the molecule is CC1(C)CN(C(=O)c2cc(-c3cccs3)on2)CCC1N.Cl. The summed E-state index contributed by atoms with van der Waals surface area (Å²) in [5, 5.41) is 5.89. The molecule has 120 valence electrons. The highest BCUT2D eigenvalue weighted by atomic mass is 35.5. The Labute approximate surface area is 139 Å². The number of carbonyl (C=O) groups excluding carboxylic acids is 1. The molecule has 0 spiro atoms. The molecule has 1 aliphatic rings. The normalized spacial score (nSPS) is 20.5. The Balaban J connectivity index is 0.00000176. The van der Waals surface area contributed by atoms with Crippen LogP contribution in [0.5, 0.6) is 0 Å². The van der Waals surface area contributed by atoms with Crippen LogP contribution in [0, 0.1) is 5.41 Å². The third-order valence-corrected chi connectivity index (χ3v) is 4.98. The molecule has 2 N–H and O–H groups in total. The first kappa shape index (κ1) is 17.0. The number of carbonyl (C=O) groups is 1. The van der Waals surface area contributed by atoms with Gasteiger partial charge in [-0.25, -0.2) is 0 Å². The van der Waals surface area contributed by atoms with Crippen LogP contribution in [0.2, 0.25) is 0 Å². The van der Waals surface area contributed by atoms with Gasteiger partial charge in [-0.3, -0.25) is 4.79 Å². The summed E-state index contributed by atoms with van der Waals surface area (Å²) in [4.78, 5) is 15.3. The fraction of sp³-hybridized carbons (Fsp3) is 0.467. The lowest BCUT2D eigenvalue weighted by Crippen LogP contribution is -2.54. The number of hydrogen-bond acceptors (Lipinski definition) is 5. The van der Waals surface area contributed by atoms with E-state index < -0.39 is 0 Å². The van der Waals surface area contributed by atoms with Gasteiger partial charge in [-0.05, 0) is 23.3 Å². The van der Waals surface area contributed by atoms with Crippen LogP contribution < -0.4 is 5.73 Å². The lowest BCUT2D eigenvalue weighted by Gasteiger charge is -2.42. The van der Waals surface area contributed by atoms with Gasteiger partial charge in [-0.2, -0.15) is 0 Å². The second kappa shape index (κ2) is 6.40. The van der Waals surface area contributed by atoms with Gasteiger partial charge in [0, 0.05) is 25.2 Å². The van der Waals surface area contributed by atoms with Gasteiger partial charge in [0.25, 0.3) is 5.91 Å². The molecule has 1 unspecified atom stereocenters. The zero-order valence-electron chi connectivity index (χ0n) is 12.6. The maximum Gasteiger partial charge on any atom is 0.276 e. The molecule has 2 aromatic rings. The largest absolute Gasteiger partial charge is 0.355 e. The number of amides is 1. The highest BCUT2D eigenvalue weighted by Gasteiger charge is 2.36. The van der Waals surface area contributed by atoms with Gasteiger partial charge in [0.2, 0.25) is 0 Å². The van der Waals surface area contributed by atoms with Crippen LogP contribution in [0.1, 0.15) is 30.8 Å². The molecular weight excluding hydrogens is 322 g/mol. The average Bonchev–Trinajstić information content (AvgIpc) is 3.10. The van der Waals surface area contributed by atoms with Crippen molar-refractivity contribution in [2.24, 2.45) is 11.1 Å². The van der Waals surface area contributed by atoms with Crippen molar-refractivity contribution in [2.75, 3.05) is 13.1 Å². The van der Waals surface area contributed by atoms with Crippen molar-refractivity contribution in [3.05, 3.63) is 29.3 Å². The van der Waals surface area contributed by atoms with Crippen molar-refractivity contribution in [1.29, 1.82) is 0 Å². The van der Waals surface area contributed by atoms with E-state index >= 15 is 0 Å². The molecule has 0 aliphatic carbocycles. The predicted octanol–water partition coefficient (Wildman–Crippen LogP) is 3.02. The molecule has 0 aromatic carbocycles. The monoisotopic (exact) mass is 341 g/mol. The molecule has 1 amide bonds. The Morgan fingerprint density at radius 1 is 1.55 bits per heavy atom. The Kier molecular flexibility index (Phi) is 4.94. The van der Waals surface area contributed by atoms with Gasteiger partial charge in [-0.15, -0.1) is 23.7 Å². The molecule has 1 fully saturated rings. The summed E-state index contributed by atoms with van der Waals surface area (Å²) in [5.41, 5.74) is 6.40. The quantitative estimate of drug-likeness (QED) is 0.911. The van der Waals surface area contributed by atoms with E-state index in [1.165, 1.54) is 0 Å². The van der Waals surface area contributed by atoms with Crippen molar-refractivity contribution in [2.45, 2.75) is 26.3 Å². The first-order chi connectivity index (χ1) is 9.97. The zero-order chi connectivity index (χ0) is 15.0. The van der Waals surface area contributed by atoms with Crippen LogP contribution in [0.3, 0.4) is 0 Å². The Hall–Kier alpha value is -1.37. The van der Waals surface area contributed by atoms with Crippen molar-refractivity contribution < 1.29 is 9.32 Å². The second-order valence-corrected chi connectivity index (χ2v) is 7.11. The molecular formula is C15H20ClN3O2S. The summed E-state index contributed by atoms with van der Waals surface area (Å²) >= 11 is 1.56. The van der Waals surface area contributed by atoms with Crippen molar-refractivity contribution >= 4 is 29.7 Å². The molecule has 0 saturated carbocycles. The Bertz CT molecular complexity index is 639. The van der Waals surface area contributed by atoms with Gasteiger partial charge in [0.05, 0.1) is 4.88 Å². The van der Waals surface area contributed by atoms with E-state index in [2.05, 4.69) is 19.0 Å². The molecule has 0 radical (unpaired) electrons. The minimum Gasteiger partial charge on any atom is -0.355 e.